The second-order valence-electron chi connectivity index (χ2n) is 4.34. The number of carboxylic acids is 1. The highest BCUT2D eigenvalue weighted by molar-refractivity contribution is 7.12. The minimum absolute atomic E-state index is 0.0601. The predicted molar refractivity (Wildman–Crippen MR) is 75.1 cm³/mol. The molecule has 0 aliphatic rings. The number of halogens is 1. The van der Waals surface area contributed by atoms with Crippen molar-refractivity contribution in [2.45, 2.75) is 13.8 Å². The number of aromatic carboxylic acids is 1. The quantitative estimate of drug-likeness (QED) is 0.910. The number of hydrogen-bond acceptors (Lipinski definition) is 3. The van der Waals surface area contributed by atoms with Crippen molar-refractivity contribution in [1.82, 2.24) is 0 Å². The van der Waals surface area contributed by atoms with E-state index in [-0.39, 0.29) is 16.1 Å². The molecule has 4 nitrogen and oxygen atoms in total. The third-order valence-electron chi connectivity index (χ3n) is 2.85. The number of carbonyl (C=O) groups excluding carboxylic acids is 1. The minimum atomic E-state index is -1.10. The van der Waals surface area contributed by atoms with E-state index in [9.17, 15) is 14.0 Å². The lowest BCUT2D eigenvalue weighted by atomic mass is 10.1. The average Bonchev–Trinajstić information content (AvgIpc) is 2.74. The van der Waals surface area contributed by atoms with Crippen LogP contribution in [-0.2, 0) is 0 Å². The van der Waals surface area contributed by atoms with Crippen LogP contribution in [0.5, 0.6) is 0 Å². The molecule has 0 bridgehead atoms. The van der Waals surface area contributed by atoms with Crippen molar-refractivity contribution in [2.75, 3.05) is 5.32 Å². The zero-order chi connectivity index (χ0) is 14.9. The number of amides is 1. The number of carbonyl (C=O) groups is 2. The molecule has 0 aliphatic heterocycles. The normalized spacial score (nSPS) is 10.3. The second-order valence-corrected chi connectivity index (χ2v) is 5.22. The molecular weight excluding hydrogens is 281 g/mol. The molecule has 0 saturated heterocycles. The Morgan fingerprint density at radius 2 is 1.95 bits per heavy atom. The SMILES string of the molecule is Cc1ccc(F)cc1C(=O)Nc1c(C)csc1C(=O)O. The van der Waals surface area contributed by atoms with Gasteiger partial charge in [0, 0.05) is 5.56 Å². The van der Waals surface area contributed by atoms with E-state index in [1.807, 2.05) is 0 Å². The molecule has 6 heteroatoms. The summed E-state index contributed by atoms with van der Waals surface area (Å²) in [7, 11) is 0. The summed E-state index contributed by atoms with van der Waals surface area (Å²) in [6.45, 7) is 3.39. The second kappa shape index (κ2) is 5.42. The van der Waals surface area contributed by atoms with Crippen molar-refractivity contribution >= 4 is 28.9 Å². The maximum absolute atomic E-state index is 13.2. The molecule has 104 valence electrons. The van der Waals surface area contributed by atoms with Gasteiger partial charge in [0.2, 0.25) is 0 Å². The summed E-state index contributed by atoms with van der Waals surface area (Å²) in [4.78, 5) is 23.3. The maximum Gasteiger partial charge on any atom is 0.348 e. The number of carboxylic acid groups (broad SMARTS) is 1. The van der Waals surface area contributed by atoms with Crippen molar-refractivity contribution < 1.29 is 19.1 Å². The number of hydrogen-bond donors (Lipinski definition) is 2. The van der Waals surface area contributed by atoms with Crippen LogP contribution in [0.15, 0.2) is 23.6 Å². The van der Waals surface area contributed by atoms with Gasteiger partial charge in [-0.25, -0.2) is 9.18 Å². The van der Waals surface area contributed by atoms with Crippen LogP contribution in [0.25, 0.3) is 0 Å². The Bertz CT molecular complexity index is 694. The summed E-state index contributed by atoms with van der Waals surface area (Å²) in [5.74, 6) is -2.14. The molecule has 2 rings (SSSR count). The monoisotopic (exact) mass is 293 g/mol. The van der Waals surface area contributed by atoms with Crippen molar-refractivity contribution in [2.24, 2.45) is 0 Å². The molecule has 1 aromatic carbocycles. The van der Waals surface area contributed by atoms with Gasteiger partial charge in [0.25, 0.3) is 5.91 Å². The molecule has 0 aliphatic carbocycles. The fourth-order valence-corrected chi connectivity index (χ4v) is 2.62. The van der Waals surface area contributed by atoms with E-state index >= 15 is 0 Å². The van der Waals surface area contributed by atoms with Crippen molar-refractivity contribution in [3.8, 4) is 0 Å². The summed E-state index contributed by atoms with van der Waals surface area (Å²) in [6.07, 6.45) is 0. The van der Waals surface area contributed by atoms with Gasteiger partial charge in [0.1, 0.15) is 10.7 Å². The summed E-state index contributed by atoms with van der Waals surface area (Å²) >= 11 is 1.04. The number of rotatable bonds is 3. The van der Waals surface area contributed by atoms with E-state index in [1.165, 1.54) is 12.1 Å². The van der Waals surface area contributed by atoms with E-state index in [1.54, 1.807) is 19.2 Å². The van der Waals surface area contributed by atoms with Crippen LogP contribution in [-0.4, -0.2) is 17.0 Å². The summed E-state index contributed by atoms with van der Waals surface area (Å²) < 4.78 is 13.2. The molecule has 0 fully saturated rings. The number of benzene rings is 1. The first-order chi connectivity index (χ1) is 9.40. The zero-order valence-electron chi connectivity index (χ0n) is 10.9. The summed E-state index contributed by atoms with van der Waals surface area (Å²) in [5, 5.41) is 13.3. The summed E-state index contributed by atoms with van der Waals surface area (Å²) in [5.41, 5.74) is 1.73. The number of thiophene rings is 1. The van der Waals surface area contributed by atoms with Gasteiger partial charge in [-0.2, -0.15) is 0 Å². The van der Waals surface area contributed by atoms with E-state index in [4.69, 9.17) is 5.11 Å². The van der Waals surface area contributed by atoms with Crippen molar-refractivity contribution in [3.63, 3.8) is 0 Å². The van der Waals surface area contributed by atoms with E-state index in [2.05, 4.69) is 5.32 Å². The predicted octanol–water partition coefficient (Wildman–Crippen LogP) is 3.45. The summed E-state index contributed by atoms with van der Waals surface area (Å²) in [6, 6.07) is 3.90. The maximum atomic E-state index is 13.2. The fourth-order valence-electron chi connectivity index (χ4n) is 1.78. The third kappa shape index (κ3) is 2.70. The van der Waals surface area contributed by atoms with Gasteiger partial charge in [-0.1, -0.05) is 6.07 Å². The minimum Gasteiger partial charge on any atom is -0.477 e. The van der Waals surface area contributed by atoms with Crippen LogP contribution in [0.3, 0.4) is 0 Å². The molecule has 2 aromatic rings. The first kappa shape index (κ1) is 14.2. The van der Waals surface area contributed by atoms with Crippen molar-refractivity contribution in [1.29, 1.82) is 0 Å². The lowest BCUT2D eigenvalue weighted by Gasteiger charge is -2.08. The average molecular weight is 293 g/mol. The van der Waals surface area contributed by atoms with Crippen molar-refractivity contribution in [3.05, 3.63) is 51.0 Å². The number of nitrogens with one attached hydrogen (secondary N) is 1. The van der Waals surface area contributed by atoms with Gasteiger partial charge in [-0.15, -0.1) is 11.3 Å². The Kier molecular flexibility index (Phi) is 3.85. The number of aryl methyl sites for hydroxylation is 2. The molecular formula is C14H12FNO3S. The Morgan fingerprint density at radius 1 is 1.25 bits per heavy atom. The smallest absolute Gasteiger partial charge is 0.348 e. The molecule has 0 spiro atoms. The zero-order valence-corrected chi connectivity index (χ0v) is 11.7. The lowest BCUT2D eigenvalue weighted by Crippen LogP contribution is -2.15. The Labute approximate surface area is 118 Å². The van der Waals surface area contributed by atoms with Gasteiger partial charge >= 0.3 is 5.97 Å². The Balaban J connectivity index is 2.35. The van der Waals surface area contributed by atoms with Crippen LogP contribution in [0.2, 0.25) is 0 Å². The highest BCUT2D eigenvalue weighted by Crippen LogP contribution is 2.28. The van der Waals surface area contributed by atoms with E-state index in [0.29, 0.717) is 11.1 Å². The topological polar surface area (TPSA) is 66.4 Å². The molecule has 1 aromatic heterocycles. The Hall–Kier alpha value is -2.21. The number of anilines is 1. The van der Waals surface area contributed by atoms with Gasteiger partial charge in [0.15, 0.2) is 0 Å². The fraction of sp³-hybridized carbons (Fsp3) is 0.143. The van der Waals surface area contributed by atoms with Gasteiger partial charge in [-0.05, 0) is 42.5 Å². The first-order valence-corrected chi connectivity index (χ1v) is 6.67. The largest absolute Gasteiger partial charge is 0.477 e. The molecule has 0 unspecified atom stereocenters. The van der Waals surface area contributed by atoms with Crippen LogP contribution >= 0.6 is 11.3 Å². The van der Waals surface area contributed by atoms with Crippen LogP contribution in [0, 0.1) is 19.7 Å². The van der Waals surface area contributed by atoms with Crippen LogP contribution < -0.4 is 5.32 Å². The van der Waals surface area contributed by atoms with Gasteiger partial charge < -0.3 is 10.4 Å². The van der Waals surface area contributed by atoms with E-state index < -0.39 is 17.7 Å². The molecule has 20 heavy (non-hydrogen) atoms. The van der Waals surface area contributed by atoms with Crippen LogP contribution in [0.1, 0.15) is 31.2 Å². The molecule has 2 N–H and O–H groups in total. The standard InChI is InChI=1S/C14H12FNO3S/c1-7-3-4-9(15)5-10(7)13(17)16-11-8(2)6-20-12(11)14(18)19/h3-6H,1-2H3,(H,16,17)(H,18,19). The third-order valence-corrected chi connectivity index (χ3v) is 3.94. The van der Waals surface area contributed by atoms with Gasteiger partial charge in [0.05, 0.1) is 5.69 Å². The van der Waals surface area contributed by atoms with Crippen LogP contribution in [0.4, 0.5) is 10.1 Å². The van der Waals surface area contributed by atoms with Gasteiger partial charge in [-0.3, -0.25) is 4.79 Å². The molecule has 1 heterocycles. The molecule has 0 saturated carbocycles. The highest BCUT2D eigenvalue weighted by Gasteiger charge is 2.19. The molecule has 1 amide bonds. The lowest BCUT2D eigenvalue weighted by molar-refractivity contribution is 0.0703. The van der Waals surface area contributed by atoms with E-state index in [0.717, 1.165) is 17.4 Å². The molecule has 0 radical (unpaired) electrons. The Morgan fingerprint density at radius 3 is 2.60 bits per heavy atom. The molecule has 0 atom stereocenters. The first-order valence-electron chi connectivity index (χ1n) is 5.79. The highest BCUT2D eigenvalue weighted by atomic mass is 32.1.